The van der Waals surface area contributed by atoms with Gasteiger partial charge in [0.1, 0.15) is 11.5 Å². The van der Waals surface area contributed by atoms with Gasteiger partial charge in [0.05, 0.1) is 0 Å². The molecule has 1 aromatic heterocycles. The lowest BCUT2D eigenvalue weighted by Gasteiger charge is -2.10. The standard InChI is InChI=1S/C12H10F3N3O2/c1-7-6-10(18-11(16)17-7)19-8-2-4-9(5-3-8)20-12(13,14)15/h2-6H,1H3,(H2,16,17,18). The molecule has 2 N–H and O–H groups in total. The summed E-state index contributed by atoms with van der Waals surface area (Å²) in [5, 5.41) is 0. The fourth-order valence-electron chi connectivity index (χ4n) is 1.44. The Bertz CT molecular complexity index is 580. The first-order chi connectivity index (χ1) is 9.32. The summed E-state index contributed by atoms with van der Waals surface area (Å²) in [6.45, 7) is 1.71. The van der Waals surface area contributed by atoms with Crippen molar-refractivity contribution in [1.29, 1.82) is 0 Å². The molecule has 5 nitrogen and oxygen atoms in total. The molecule has 0 fully saturated rings. The fourth-order valence-corrected chi connectivity index (χ4v) is 1.44. The lowest BCUT2D eigenvalue weighted by Crippen LogP contribution is -2.16. The summed E-state index contributed by atoms with van der Waals surface area (Å²) in [5.74, 6) is 0.233. The first-order valence-electron chi connectivity index (χ1n) is 5.47. The summed E-state index contributed by atoms with van der Waals surface area (Å²) >= 11 is 0. The molecule has 20 heavy (non-hydrogen) atoms. The number of aromatic nitrogens is 2. The predicted molar refractivity (Wildman–Crippen MR) is 64.4 cm³/mol. The second-order valence-corrected chi connectivity index (χ2v) is 3.83. The number of aryl methyl sites for hydroxylation is 1. The summed E-state index contributed by atoms with van der Waals surface area (Å²) in [5.41, 5.74) is 6.07. The van der Waals surface area contributed by atoms with Gasteiger partial charge < -0.3 is 15.2 Å². The van der Waals surface area contributed by atoms with Gasteiger partial charge in [-0.3, -0.25) is 0 Å². The van der Waals surface area contributed by atoms with E-state index < -0.39 is 6.36 Å². The van der Waals surface area contributed by atoms with Crippen molar-refractivity contribution in [2.45, 2.75) is 13.3 Å². The average Bonchev–Trinajstić information content (AvgIpc) is 2.28. The Kier molecular flexibility index (Phi) is 3.64. The number of rotatable bonds is 3. The van der Waals surface area contributed by atoms with Gasteiger partial charge >= 0.3 is 6.36 Å². The minimum atomic E-state index is -4.72. The Morgan fingerprint density at radius 2 is 1.65 bits per heavy atom. The highest BCUT2D eigenvalue weighted by Gasteiger charge is 2.30. The van der Waals surface area contributed by atoms with Crippen LogP contribution in [-0.4, -0.2) is 16.3 Å². The molecule has 1 aromatic carbocycles. The second kappa shape index (κ2) is 5.24. The van der Waals surface area contributed by atoms with Gasteiger partial charge in [-0.05, 0) is 31.2 Å². The zero-order chi connectivity index (χ0) is 14.8. The van der Waals surface area contributed by atoms with Crippen molar-refractivity contribution in [2.24, 2.45) is 0 Å². The van der Waals surface area contributed by atoms with Crippen LogP contribution in [0.1, 0.15) is 5.69 Å². The summed E-state index contributed by atoms with van der Waals surface area (Å²) < 4.78 is 45.1. The molecular formula is C12H10F3N3O2. The van der Waals surface area contributed by atoms with Gasteiger partial charge in [0.25, 0.3) is 0 Å². The smallest absolute Gasteiger partial charge is 0.439 e. The Labute approximate surface area is 112 Å². The number of hydrogen-bond donors (Lipinski definition) is 1. The number of nitrogen functional groups attached to an aromatic ring is 1. The molecule has 2 rings (SSSR count). The molecule has 2 aromatic rings. The minimum absolute atomic E-state index is 0.0528. The van der Waals surface area contributed by atoms with Gasteiger partial charge in [-0.1, -0.05) is 0 Å². The number of anilines is 1. The first kappa shape index (κ1) is 13.9. The highest BCUT2D eigenvalue weighted by atomic mass is 19.4. The van der Waals surface area contributed by atoms with Crippen molar-refractivity contribution in [3.63, 3.8) is 0 Å². The lowest BCUT2D eigenvalue weighted by atomic mass is 10.3. The average molecular weight is 285 g/mol. The zero-order valence-corrected chi connectivity index (χ0v) is 10.3. The predicted octanol–water partition coefficient (Wildman–Crippen LogP) is 3.06. The summed E-state index contributed by atoms with van der Waals surface area (Å²) in [4.78, 5) is 7.72. The van der Waals surface area contributed by atoms with Crippen molar-refractivity contribution in [3.05, 3.63) is 36.0 Å². The quantitative estimate of drug-likeness (QED) is 0.938. The molecule has 0 saturated carbocycles. The van der Waals surface area contributed by atoms with Crippen molar-refractivity contribution in [1.82, 2.24) is 9.97 Å². The molecule has 0 aliphatic heterocycles. The van der Waals surface area contributed by atoms with Crippen LogP contribution in [-0.2, 0) is 0 Å². The van der Waals surface area contributed by atoms with Gasteiger partial charge in [-0.2, -0.15) is 4.98 Å². The maximum absolute atomic E-state index is 12.0. The third-order valence-electron chi connectivity index (χ3n) is 2.13. The topological polar surface area (TPSA) is 70.3 Å². The molecule has 1 heterocycles. The van der Waals surface area contributed by atoms with E-state index in [1.54, 1.807) is 13.0 Å². The normalized spacial score (nSPS) is 11.2. The van der Waals surface area contributed by atoms with E-state index in [4.69, 9.17) is 10.5 Å². The molecule has 0 amide bonds. The van der Waals surface area contributed by atoms with Gasteiger partial charge in [-0.15, -0.1) is 13.2 Å². The lowest BCUT2D eigenvalue weighted by molar-refractivity contribution is -0.274. The van der Waals surface area contributed by atoms with Gasteiger partial charge in [-0.25, -0.2) is 4.98 Å². The van der Waals surface area contributed by atoms with E-state index in [0.717, 1.165) is 12.1 Å². The molecule has 0 atom stereocenters. The third kappa shape index (κ3) is 4.01. The fraction of sp³-hybridized carbons (Fsp3) is 0.167. The largest absolute Gasteiger partial charge is 0.573 e. The van der Waals surface area contributed by atoms with Gasteiger partial charge in [0.2, 0.25) is 11.8 Å². The van der Waals surface area contributed by atoms with E-state index in [0.29, 0.717) is 11.4 Å². The van der Waals surface area contributed by atoms with E-state index in [-0.39, 0.29) is 17.6 Å². The van der Waals surface area contributed by atoms with Crippen molar-refractivity contribution < 1.29 is 22.6 Å². The Morgan fingerprint density at radius 3 is 2.20 bits per heavy atom. The Morgan fingerprint density at radius 1 is 1.05 bits per heavy atom. The minimum Gasteiger partial charge on any atom is -0.439 e. The molecule has 0 unspecified atom stereocenters. The molecule has 0 radical (unpaired) electrons. The van der Waals surface area contributed by atoms with Crippen LogP contribution in [0.3, 0.4) is 0 Å². The number of hydrogen-bond acceptors (Lipinski definition) is 5. The molecule has 0 bridgehead atoms. The van der Waals surface area contributed by atoms with Crippen LogP contribution >= 0.6 is 0 Å². The zero-order valence-electron chi connectivity index (χ0n) is 10.3. The molecule has 0 spiro atoms. The number of nitrogens with zero attached hydrogens (tertiary/aromatic N) is 2. The van der Waals surface area contributed by atoms with Crippen LogP contribution < -0.4 is 15.2 Å². The molecular weight excluding hydrogens is 275 g/mol. The third-order valence-corrected chi connectivity index (χ3v) is 2.13. The Hall–Kier alpha value is -2.51. The van der Waals surface area contributed by atoms with Crippen LogP contribution in [0, 0.1) is 6.92 Å². The van der Waals surface area contributed by atoms with Gasteiger partial charge in [0, 0.05) is 11.8 Å². The maximum atomic E-state index is 12.0. The maximum Gasteiger partial charge on any atom is 0.573 e. The number of benzene rings is 1. The highest BCUT2D eigenvalue weighted by molar-refractivity contribution is 5.35. The monoisotopic (exact) mass is 285 g/mol. The molecule has 106 valence electrons. The van der Waals surface area contributed by atoms with Crippen molar-refractivity contribution in [2.75, 3.05) is 5.73 Å². The number of alkyl halides is 3. The van der Waals surface area contributed by atoms with Gasteiger partial charge in [0.15, 0.2) is 0 Å². The number of ether oxygens (including phenoxy) is 2. The SMILES string of the molecule is Cc1cc(Oc2ccc(OC(F)(F)F)cc2)nc(N)n1. The Balaban J connectivity index is 2.10. The number of nitrogens with two attached hydrogens (primary N) is 1. The highest BCUT2D eigenvalue weighted by Crippen LogP contribution is 2.26. The summed E-state index contributed by atoms with van der Waals surface area (Å²) in [6, 6.07) is 6.49. The summed E-state index contributed by atoms with van der Waals surface area (Å²) in [7, 11) is 0. The van der Waals surface area contributed by atoms with Crippen molar-refractivity contribution >= 4 is 5.95 Å². The molecule has 8 heteroatoms. The van der Waals surface area contributed by atoms with Crippen LogP contribution in [0.15, 0.2) is 30.3 Å². The van der Waals surface area contributed by atoms with Crippen LogP contribution in [0.25, 0.3) is 0 Å². The second-order valence-electron chi connectivity index (χ2n) is 3.83. The first-order valence-corrected chi connectivity index (χ1v) is 5.47. The van der Waals surface area contributed by atoms with Crippen LogP contribution in [0.2, 0.25) is 0 Å². The van der Waals surface area contributed by atoms with E-state index >= 15 is 0 Å². The van der Waals surface area contributed by atoms with E-state index in [1.807, 2.05) is 0 Å². The van der Waals surface area contributed by atoms with Crippen LogP contribution in [0.5, 0.6) is 17.4 Å². The van der Waals surface area contributed by atoms with E-state index in [1.165, 1.54) is 12.1 Å². The number of halogens is 3. The van der Waals surface area contributed by atoms with Crippen LogP contribution in [0.4, 0.5) is 19.1 Å². The van der Waals surface area contributed by atoms with E-state index in [2.05, 4.69) is 14.7 Å². The molecule has 0 aliphatic rings. The molecule has 0 aliphatic carbocycles. The molecule has 0 saturated heterocycles. The summed E-state index contributed by atoms with van der Waals surface area (Å²) in [6.07, 6.45) is -4.72. The van der Waals surface area contributed by atoms with E-state index in [9.17, 15) is 13.2 Å². The van der Waals surface area contributed by atoms with Crippen molar-refractivity contribution in [3.8, 4) is 17.4 Å².